The Kier molecular flexibility index (Phi) is 5.63. The summed E-state index contributed by atoms with van der Waals surface area (Å²) in [6.45, 7) is 1.35. The van der Waals surface area contributed by atoms with Crippen LogP contribution in [-0.4, -0.2) is 30.3 Å². The van der Waals surface area contributed by atoms with Crippen LogP contribution in [0.25, 0.3) is 0 Å². The van der Waals surface area contributed by atoms with Crippen molar-refractivity contribution in [3.8, 4) is 5.75 Å². The Bertz CT molecular complexity index is 645. The van der Waals surface area contributed by atoms with E-state index in [9.17, 15) is 13.2 Å². The molecule has 1 fully saturated rings. The SMILES string of the molecule is FC(F)(F)C1CCN(Cc2ccccc2)C(COc2ccccc2)C1. The van der Waals surface area contributed by atoms with E-state index in [4.69, 9.17) is 4.74 Å². The summed E-state index contributed by atoms with van der Waals surface area (Å²) in [7, 11) is 0. The molecule has 0 radical (unpaired) electrons. The van der Waals surface area contributed by atoms with E-state index in [1.807, 2.05) is 60.7 Å². The van der Waals surface area contributed by atoms with Crippen molar-refractivity contribution < 1.29 is 17.9 Å². The molecule has 2 aromatic rings. The molecule has 1 aliphatic heterocycles. The predicted molar refractivity (Wildman–Crippen MR) is 91.4 cm³/mol. The van der Waals surface area contributed by atoms with Crippen molar-refractivity contribution in [2.45, 2.75) is 31.6 Å². The van der Waals surface area contributed by atoms with E-state index in [0.29, 0.717) is 18.8 Å². The van der Waals surface area contributed by atoms with Crippen LogP contribution in [-0.2, 0) is 6.54 Å². The van der Waals surface area contributed by atoms with Gasteiger partial charge < -0.3 is 4.74 Å². The Morgan fingerprint density at radius 3 is 2.24 bits per heavy atom. The fourth-order valence-corrected chi connectivity index (χ4v) is 3.31. The maximum absolute atomic E-state index is 13.2. The molecule has 1 saturated heterocycles. The molecule has 0 spiro atoms. The number of ether oxygens (including phenoxy) is 1. The van der Waals surface area contributed by atoms with Gasteiger partial charge in [0.2, 0.25) is 0 Å². The van der Waals surface area contributed by atoms with Crippen LogP contribution in [0.3, 0.4) is 0 Å². The fraction of sp³-hybridized carbons (Fsp3) is 0.400. The van der Waals surface area contributed by atoms with Gasteiger partial charge in [0.05, 0.1) is 5.92 Å². The highest BCUT2D eigenvalue weighted by atomic mass is 19.4. The molecule has 0 bridgehead atoms. The molecule has 3 rings (SSSR count). The number of likely N-dealkylation sites (tertiary alicyclic amines) is 1. The molecule has 0 aliphatic carbocycles. The molecule has 0 amide bonds. The Morgan fingerprint density at radius 1 is 0.960 bits per heavy atom. The summed E-state index contributed by atoms with van der Waals surface area (Å²) >= 11 is 0. The maximum Gasteiger partial charge on any atom is 0.391 e. The van der Waals surface area contributed by atoms with Crippen molar-refractivity contribution in [3.05, 3.63) is 66.2 Å². The largest absolute Gasteiger partial charge is 0.492 e. The number of para-hydroxylation sites is 1. The molecule has 1 aliphatic rings. The predicted octanol–water partition coefficient (Wildman–Crippen LogP) is 4.91. The average Bonchev–Trinajstić information content (AvgIpc) is 2.62. The van der Waals surface area contributed by atoms with E-state index in [2.05, 4.69) is 4.90 Å². The smallest absolute Gasteiger partial charge is 0.391 e. The van der Waals surface area contributed by atoms with E-state index in [-0.39, 0.29) is 25.5 Å². The molecule has 2 atom stereocenters. The van der Waals surface area contributed by atoms with Crippen LogP contribution in [0.1, 0.15) is 18.4 Å². The van der Waals surface area contributed by atoms with Crippen LogP contribution in [0.2, 0.25) is 0 Å². The molecule has 1 heterocycles. The van der Waals surface area contributed by atoms with Crippen molar-refractivity contribution in [3.63, 3.8) is 0 Å². The number of benzene rings is 2. The van der Waals surface area contributed by atoms with Crippen LogP contribution < -0.4 is 4.74 Å². The topological polar surface area (TPSA) is 12.5 Å². The monoisotopic (exact) mass is 349 g/mol. The van der Waals surface area contributed by atoms with E-state index < -0.39 is 12.1 Å². The van der Waals surface area contributed by atoms with Gasteiger partial charge >= 0.3 is 6.18 Å². The molecule has 5 heteroatoms. The summed E-state index contributed by atoms with van der Waals surface area (Å²) in [4.78, 5) is 2.11. The van der Waals surface area contributed by atoms with Gasteiger partial charge in [-0.2, -0.15) is 13.2 Å². The second kappa shape index (κ2) is 7.91. The standard InChI is InChI=1S/C20H22F3NO/c21-20(22,23)17-11-12-24(14-16-7-3-1-4-8-16)18(13-17)15-25-19-9-5-2-6-10-19/h1-10,17-18H,11-15H2. The van der Waals surface area contributed by atoms with Crippen LogP contribution in [0.5, 0.6) is 5.75 Å². The Labute approximate surface area is 146 Å². The summed E-state index contributed by atoms with van der Waals surface area (Å²) in [6, 6.07) is 18.9. The molecule has 0 saturated carbocycles. The fourth-order valence-electron chi connectivity index (χ4n) is 3.31. The molecule has 134 valence electrons. The second-order valence-corrected chi connectivity index (χ2v) is 6.50. The number of alkyl halides is 3. The minimum atomic E-state index is -4.14. The molecule has 2 aromatic carbocycles. The summed E-state index contributed by atoms with van der Waals surface area (Å²) in [5.41, 5.74) is 1.11. The number of halogens is 3. The number of rotatable bonds is 5. The van der Waals surface area contributed by atoms with Gasteiger partial charge in [0.15, 0.2) is 0 Å². The van der Waals surface area contributed by atoms with Gasteiger partial charge in [-0.3, -0.25) is 4.90 Å². The molecule has 2 unspecified atom stereocenters. The minimum absolute atomic E-state index is 0.0865. The highest BCUT2D eigenvalue weighted by Gasteiger charge is 2.44. The van der Waals surface area contributed by atoms with Crippen LogP contribution >= 0.6 is 0 Å². The van der Waals surface area contributed by atoms with Crippen molar-refractivity contribution in [1.29, 1.82) is 0 Å². The van der Waals surface area contributed by atoms with Gasteiger partial charge in [0.1, 0.15) is 12.4 Å². The first-order valence-electron chi connectivity index (χ1n) is 8.55. The third-order valence-electron chi connectivity index (χ3n) is 4.71. The quantitative estimate of drug-likeness (QED) is 0.761. The van der Waals surface area contributed by atoms with Crippen molar-refractivity contribution in [2.75, 3.05) is 13.2 Å². The van der Waals surface area contributed by atoms with Gasteiger partial charge in [-0.1, -0.05) is 48.5 Å². The van der Waals surface area contributed by atoms with Crippen molar-refractivity contribution >= 4 is 0 Å². The highest BCUT2D eigenvalue weighted by Crippen LogP contribution is 2.37. The molecule has 25 heavy (non-hydrogen) atoms. The third kappa shape index (κ3) is 4.98. The first-order chi connectivity index (χ1) is 12.0. The van der Waals surface area contributed by atoms with E-state index in [0.717, 1.165) is 5.56 Å². The first-order valence-corrected chi connectivity index (χ1v) is 8.55. The zero-order chi connectivity index (χ0) is 17.7. The van der Waals surface area contributed by atoms with Gasteiger partial charge in [0, 0.05) is 12.6 Å². The maximum atomic E-state index is 13.2. The van der Waals surface area contributed by atoms with E-state index in [1.54, 1.807) is 0 Å². The lowest BCUT2D eigenvalue weighted by atomic mass is 9.90. The van der Waals surface area contributed by atoms with Gasteiger partial charge in [-0.15, -0.1) is 0 Å². The first kappa shape index (κ1) is 17.8. The Morgan fingerprint density at radius 2 is 1.60 bits per heavy atom. The lowest BCUT2D eigenvalue weighted by molar-refractivity contribution is -0.191. The summed E-state index contributed by atoms with van der Waals surface area (Å²) in [6.07, 6.45) is -3.90. The number of hydrogen-bond acceptors (Lipinski definition) is 2. The second-order valence-electron chi connectivity index (χ2n) is 6.50. The summed E-state index contributed by atoms with van der Waals surface area (Å²) in [5.74, 6) is -0.555. The molecular weight excluding hydrogens is 327 g/mol. The molecule has 0 N–H and O–H groups in total. The zero-order valence-corrected chi connectivity index (χ0v) is 14.0. The van der Waals surface area contributed by atoms with Gasteiger partial charge in [-0.05, 0) is 37.1 Å². The lowest BCUT2D eigenvalue weighted by Gasteiger charge is -2.39. The number of hydrogen-bond donors (Lipinski definition) is 0. The number of piperidine rings is 1. The van der Waals surface area contributed by atoms with E-state index in [1.165, 1.54) is 0 Å². The zero-order valence-electron chi connectivity index (χ0n) is 14.0. The number of nitrogens with zero attached hydrogens (tertiary/aromatic N) is 1. The van der Waals surface area contributed by atoms with Crippen molar-refractivity contribution in [1.82, 2.24) is 4.90 Å². The van der Waals surface area contributed by atoms with Gasteiger partial charge in [-0.25, -0.2) is 0 Å². The molecule has 2 nitrogen and oxygen atoms in total. The van der Waals surface area contributed by atoms with Crippen LogP contribution in [0.4, 0.5) is 13.2 Å². The Hall–Kier alpha value is -2.01. The molecule has 0 aromatic heterocycles. The molecular formula is C20H22F3NO. The highest BCUT2D eigenvalue weighted by molar-refractivity contribution is 5.21. The van der Waals surface area contributed by atoms with Gasteiger partial charge in [0.25, 0.3) is 0 Å². The third-order valence-corrected chi connectivity index (χ3v) is 4.71. The van der Waals surface area contributed by atoms with E-state index >= 15 is 0 Å². The minimum Gasteiger partial charge on any atom is -0.492 e. The normalized spacial score (nSPS) is 21.9. The Balaban J connectivity index is 1.68. The average molecular weight is 349 g/mol. The summed E-state index contributed by atoms with van der Waals surface area (Å²) < 4.78 is 45.3. The van der Waals surface area contributed by atoms with Crippen molar-refractivity contribution in [2.24, 2.45) is 5.92 Å². The lowest BCUT2D eigenvalue weighted by Crippen LogP contribution is -2.48. The van der Waals surface area contributed by atoms with Crippen LogP contribution in [0, 0.1) is 5.92 Å². The summed E-state index contributed by atoms with van der Waals surface area (Å²) in [5, 5.41) is 0. The van der Waals surface area contributed by atoms with Crippen LogP contribution in [0.15, 0.2) is 60.7 Å².